The lowest BCUT2D eigenvalue weighted by molar-refractivity contribution is 0.623. The van der Waals surface area contributed by atoms with Crippen LogP contribution in [0.1, 0.15) is 18.4 Å². The molecule has 0 unspecified atom stereocenters. The van der Waals surface area contributed by atoms with Crippen molar-refractivity contribution in [1.82, 2.24) is 0 Å². The summed E-state index contributed by atoms with van der Waals surface area (Å²) >= 11 is 0. The monoisotopic (exact) mass is 207 g/mol. The third-order valence-electron chi connectivity index (χ3n) is 2.71. The maximum atomic E-state index is 13.7. The van der Waals surface area contributed by atoms with Gasteiger partial charge in [-0.3, -0.25) is 5.41 Å². The van der Waals surface area contributed by atoms with E-state index in [9.17, 15) is 4.39 Å². The molecule has 1 saturated heterocycles. The number of nitrogens with one attached hydrogen (secondary N) is 1. The normalized spacial score (nSPS) is 15.7. The van der Waals surface area contributed by atoms with Gasteiger partial charge in [-0.05, 0) is 31.0 Å². The molecule has 0 amide bonds. The molecule has 80 valence electrons. The van der Waals surface area contributed by atoms with Gasteiger partial charge in [0.2, 0.25) is 0 Å². The molecule has 1 aliphatic rings. The average molecular weight is 207 g/mol. The largest absolute Gasteiger partial charge is 0.384 e. The molecule has 0 radical (unpaired) electrons. The number of nitrogens with zero attached hydrogens (tertiary/aromatic N) is 1. The zero-order valence-electron chi connectivity index (χ0n) is 8.46. The van der Waals surface area contributed by atoms with Crippen molar-refractivity contribution in [2.75, 3.05) is 18.0 Å². The van der Waals surface area contributed by atoms with E-state index in [0.717, 1.165) is 25.9 Å². The van der Waals surface area contributed by atoms with Gasteiger partial charge in [-0.2, -0.15) is 0 Å². The molecular weight excluding hydrogens is 193 g/mol. The Bertz CT molecular complexity index is 383. The summed E-state index contributed by atoms with van der Waals surface area (Å²) in [5.74, 6) is -0.383. The number of benzene rings is 1. The van der Waals surface area contributed by atoms with Gasteiger partial charge in [-0.15, -0.1) is 0 Å². The number of nitrogen functional groups attached to an aromatic ring is 1. The molecular formula is C11H14FN3. The summed E-state index contributed by atoms with van der Waals surface area (Å²) in [5, 5.41) is 7.21. The zero-order chi connectivity index (χ0) is 10.8. The second-order valence-corrected chi connectivity index (χ2v) is 3.77. The van der Waals surface area contributed by atoms with Crippen LogP contribution in [0.3, 0.4) is 0 Å². The summed E-state index contributed by atoms with van der Waals surface area (Å²) < 4.78 is 13.7. The molecule has 0 bridgehead atoms. The van der Waals surface area contributed by atoms with E-state index < -0.39 is 0 Å². The summed E-state index contributed by atoms with van der Waals surface area (Å²) in [6.07, 6.45) is 2.24. The van der Waals surface area contributed by atoms with Crippen molar-refractivity contribution >= 4 is 11.5 Å². The van der Waals surface area contributed by atoms with Gasteiger partial charge in [0.15, 0.2) is 0 Å². The fraction of sp³-hybridized carbons (Fsp3) is 0.364. The van der Waals surface area contributed by atoms with Gasteiger partial charge in [-0.25, -0.2) is 4.39 Å². The van der Waals surface area contributed by atoms with Crippen LogP contribution in [0, 0.1) is 11.2 Å². The lowest BCUT2D eigenvalue weighted by atomic mass is 10.1. The quantitative estimate of drug-likeness (QED) is 0.573. The molecule has 0 saturated carbocycles. The van der Waals surface area contributed by atoms with Gasteiger partial charge in [0.1, 0.15) is 11.7 Å². The van der Waals surface area contributed by atoms with Crippen LogP contribution in [0.15, 0.2) is 18.2 Å². The van der Waals surface area contributed by atoms with Crippen molar-refractivity contribution in [2.24, 2.45) is 5.73 Å². The second kappa shape index (κ2) is 3.88. The smallest absolute Gasteiger partial charge is 0.147 e. The number of anilines is 1. The molecule has 1 aliphatic heterocycles. The van der Waals surface area contributed by atoms with Crippen LogP contribution in [-0.2, 0) is 0 Å². The molecule has 4 heteroatoms. The third-order valence-corrected chi connectivity index (χ3v) is 2.71. The first-order chi connectivity index (χ1) is 7.18. The number of hydrogen-bond donors (Lipinski definition) is 2. The van der Waals surface area contributed by atoms with Gasteiger partial charge >= 0.3 is 0 Å². The van der Waals surface area contributed by atoms with Crippen LogP contribution in [0.2, 0.25) is 0 Å². The Kier molecular flexibility index (Phi) is 2.58. The summed E-state index contributed by atoms with van der Waals surface area (Å²) in [6, 6.07) is 4.73. The molecule has 2 rings (SSSR count). The maximum Gasteiger partial charge on any atom is 0.147 e. The van der Waals surface area contributed by atoms with E-state index in [1.165, 1.54) is 6.07 Å². The summed E-state index contributed by atoms with van der Waals surface area (Å²) in [4.78, 5) is 2.03. The highest BCUT2D eigenvalue weighted by atomic mass is 19.1. The van der Waals surface area contributed by atoms with Gasteiger partial charge in [-0.1, -0.05) is 0 Å². The Labute approximate surface area is 88.2 Å². The Balaban J connectivity index is 2.29. The van der Waals surface area contributed by atoms with E-state index in [-0.39, 0.29) is 11.7 Å². The average Bonchev–Trinajstić information content (AvgIpc) is 2.70. The molecule has 0 spiro atoms. The Morgan fingerprint density at radius 2 is 2.00 bits per heavy atom. The number of hydrogen-bond acceptors (Lipinski definition) is 2. The SMILES string of the molecule is N=C(N)c1ccc(N2CCCC2)c(F)c1. The Morgan fingerprint density at radius 1 is 1.33 bits per heavy atom. The van der Waals surface area contributed by atoms with Crippen molar-refractivity contribution in [3.8, 4) is 0 Å². The van der Waals surface area contributed by atoms with Crippen LogP contribution < -0.4 is 10.6 Å². The molecule has 1 heterocycles. The van der Waals surface area contributed by atoms with E-state index in [0.29, 0.717) is 11.3 Å². The van der Waals surface area contributed by atoms with Crippen molar-refractivity contribution in [2.45, 2.75) is 12.8 Å². The van der Waals surface area contributed by atoms with E-state index in [1.54, 1.807) is 12.1 Å². The predicted molar refractivity (Wildman–Crippen MR) is 58.9 cm³/mol. The van der Waals surface area contributed by atoms with Gasteiger partial charge in [0, 0.05) is 18.7 Å². The molecule has 0 atom stereocenters. The highest BCUT2D eigenvalue weighted by Crippen LogP contribution is 2.24. The predicted octanol–water partition coefficient (Wildman–Crippen LogP) is 1.71. The third kappa shape index (κ3) is 1.93. The molecule has 3 nitrogen and oxygen atoms in total. The van der Waals surface area contributed by atoms with Crippen LogP contribution in [-0.4, -0.2) is 18.9 Å². The number of rotatable bonds is 2. The Hall–Kier alpha value is -1.58. The van der Waals surface area contributed by atoms with Gasteiger partial charge in [0.25, 0.3) is 0 Å². The fourth-order valence-corrected chi connectivity index (χ4v) is 1.89. The van der Waals surface area contributed by atoms with E-state index in [2.05, 4.69) is 0 Å². The molecule has 15 heavy (non-hydrogen) atoms. The standard InChI is InChI=1S/C11H14FN3/c12-9-7-8(11(13)14)3-4-10(9)15-5-1-2-6-15/h3-4,7H,1-2,5-6H2,(H3,13,14). The second-order valence-electron chi connectivity index (χ2n) is 3.77. The molecule has 0 aliphatic carbocycles. The minimum Gasteiger partial charge on any atom is -0.384 e. The van der Waals surface area contributed by atoms with Crippen LogP contribution >= 0.6 is 0 Å². The Morgan fingerprint density at radius 3 is 2.53 bits per heavy atom. The molecule has 1 aromatic rings. The maximum absolute atomic E-state index is 13.7. The van der Waals surface area contributed by atoms with Gasteiger partial charge in [0.05, 0.1) is 5.69 Å². The molecule has 1 aromatic carbocycles. The van der Waals surface area contributed by atoms with E-state index in [1.807, 2.05) is 4.90 Å². The van der Waals surface area contributed by atoms with Crippen LogP contribution in [0.5, 0.6) is 0 Å². The minimum atomic E-state index is -0.287. The molecule has 1 fully saturated rings. The first kappa shape index (κ1) is 9.96. The zero-order valence-corrected chi connectivity index (χ0v) is 8.46. The number of halogens is 1. The molecule has 3 N–H and O–H groups in total. The summed E-state index contributed by atoms with van der Waals surface area (Å²) in [7, 11) is 0. The van der Waals surface area contributed by atoms with Crippen molar-refractivity contribution in [3.05, 3.63) is 29.6 Å². The van der Waals surface area contributed by atoms with E-state index in [4.69, 9.17) is 11.1 Å². The number of nitrogens with two attached hydrogens (primary N) is 1. The van der Waals surface area contributed by atoms with Crippen LogP contribution in [0.25, 0.3) is 0 Å². The van der Waals surface area contributed by atoms with Gasteiger partial charge < -0.3 is 10.6 Å². The summed E-state index contributed by atoms with van der Waals surface area (Å²) in [6.45, 7) is 1.83. The van der Waals surface area contributed by atoms with E-state index >= 15 is 0 Å². The summed E-state index contributed by atoms with van der Waals surface area (Å²) in [5.41, 5.74) is 6.35. The van der Waals surface area contributed by atoms with Crippen molar-refractivity contribution < 1.29 is 4.39 Å². The highest BCUT2D eigenvalue weighted by molar-refractivity contribution is 5.95. The minimum absolute atomic E-state index is 0.0955. The fourth-order valence-electron chi connectivity index (χ4n) is 1.89. The van der Waals surface area contributed by atoms with Crippen molar-refractivity contribution in [1.29, 1.82) is 5.41 Å². The lowest BCUT2D eigenvalue weighted by Crippen LogP contribution is -2.19. The highest BCUT2D eigenvalue weighted by Gasteiger charge is 2.16. The topological polar surface area (TPSA) is 53.1 Å². The van der Waals surface area contributed by atoms with Crippen LogP contribution in [0.4, 0.5) is 10.1 Å². The first-order valence-electron chi connectivity index (χ1n) is 5.07. The number of amidine groups is 1. The lowest BCUT2D eigenvalue weighted by Gasteiger charge is -2.18. The first-order valence-corrected chi connectivity index (χ1v) is 5.07. The molecule has 0 aromatic heterocycles. The van der Waals surface area contributed by atoms with Crippen molar-refractivity contribution in [3.63, 3.8) is 0 Å².